The first kappa shape index (κ1) is 17.9. The Bertz CT molecular complexity index is 1060. The van der Waals surface area contributed by atoms with Crippen molar-refractivity contribution in [3.8, 4) is 17.9 Å². The molecule has 130 valence electrons. The molecular formula is C23H15FN2O. The molecule has 0 radical (unpaired) electrons. The van der Waals surface area contributed by atoms with Gasteiger partial charge in [0.05, 0.1) is 23.3 Å². The fourth-order valence-corrected chi connectivity index (χ4v) is 2.58. The molecule has 27 heavy (non-hydrogen) atoms. The van der Waals surface area contributed by atoms with Crippen molar-refractivity contribution < 1.29 is 9.13 Å². The Hall–Kier alpha value is -3.89. The fourth-order valence-electron chi connectivity index (χ4n) is 2.58. The first-order valence-corrected chi connectivity index (χ1v) is 8.28. The molecule has 0 fully saturated rings. The van der Waals surface area contributed by atoms with Crippen molar-refractivity contribution in [3.63, 3.8) is 0 Å². The topological polar surface area (TPSA) is 56.8 Å². The van der Waals surface area contributed by atoms with Gasteiger partial charge in [-0.05, 0) is 47.5 Å². The lowest BCUT2D eigenvalue weighted by Gasteiger charge is -2.08. The van der Waals surface area contributed by atoms with E-state index in [4.69, 9.17) is 10.00 Å². The van der Waals surface area contributed by atoms with Crippen LogP contribution in [0.5, 0.6) is 5.75 Å². The zero-order valence-electron chi connectivity index (χ0n) is 14.4. The first-order chi connectivity index (χ1) is 13.2. The Labute approximate surface area is 157 Å². The van der Waals surface area contributed by atoms with Crippen LogP contribution in [0, 0.1) is 28.5 Å². The summed E-state index contributed by atoms with van der Waals surface area (Å²) in [6, 6.07) is 24.7. The van der Waals surface area contributed by atoms with Crippen molar-refractivity contribution >= 4 is 11.6 Å². The third kappa shape index (κ3) is 4.60. The minimum atomic E-state index is -0.380. The normalized spacial score (nSPS) is 10.7. The highest BCUT2D eigenvalue weighted by molar-refractivity contribution is 5.89. The van der Waals surface area contributed by atoms with Gasteiger partial charge in [-0.2, -0.15) is 10.5 Å². The zero-order chi connectivity index (χ0) is 19.1. The summed E-state index contributed by atoms with van der Waals surface area (Å²) in [5.74, 6) is 0.277. The second-order valence-corrected chi connectivity index (χ2v) is 5.81. The van der Waals surface area contributed by atoms with Crippen LogP contribution >= 0.6 is 0 Å². The molecule has 3 aromatic carbocycles. The largest absolute Gasteiger partial charge is 0.489 e. The summed E-state index contributed by atoms with van der Waals surface area (Å²) < 4.78 is 19.1. The molecule has 0 unspecified atom stereocenters. The Kier molecular flexibility index (Phi) is 5.62. The molecule has 0 amide bonds. The molecule has 0 aliphatic heterocycles. The van der Waals surface area contributed by atoms with E-state index in [0.29, 0.717) is 29.1 Å². The van der Waals surface area contributed by atoms with E-state index in [2.05, 4.69) is 12.1 Å². The molecule has 0 bridgehead atoms. The van der Waals surface area contributed by atoms with E-state index < -0.39 is 0 Å². The maximum absolute atomic E-state index is 13.4. The lowest BCUT2D eigenvalue weighted by Crippen LogP contribution is -1.98. The SMILES string of the molecule is N#C/C(=C\c1ccc(OCc2ccccc2C#N)cc1)c1cccc(F)c1. The van der Waals surface area contributed by atoms with Gasteiger partial charge in [0.1, 0.15) is 18.2 Å². The molecule has 0 atom stereocenters. The maximum Gasteiger partial charge on any atom is 0.123 e. The number of hydrogen-bond acceptors (Lipinski definition) is 3. The lowest BCUT2D eigenvalue weighted by atomic mass is 10.0. The monoisotopic (exact) mass is 354 g/mol. The molecule has 0 heterocycles. The van der Waals surface area contributed by atoms with Crippen LogP contribution in [-0.4, -0.2) is 0 Å². The third-order valence-electron chi connectivity index (χ3n) is 3.98. The standard InChI is InChI=1S/C23H15FN2O/c24-22-7-3-6-18(13-22)21(15-26)12-17-8-10-23(11-9-17)27-16-20-5-2-1-4-19(20)14-25/h1-13H,16H2/b21-12+. The molecule has 4 heteroatoms. The van der Waals surface area contributed by atoms with Crippen molar-refractivity contribution in [2.75, 3.05) is 0 Å². The number of nitriles is 2. The van der Waals surface area contributed by atoms with Gasteiger partial charge in [-0.25, -0.2) is 4.39 Å². The fraction of sp³-hybridized carbons (Fsp3) is 0.0435. The van der Waals surface area contributed by atoms with Gasteiger partial charge in [0.15, 0.2) is 0 Å². The summed E-state index contributed by atoms with van der Waals surface area (Å²) in [5.41, 5.74) is 3.13. The van der Waals surface area contributed by atoms with Gasteiger partial charge in [-0.15, -0.1) is 0 Å². The van der Waals surface area contributed by atoms with E-state index in [-0.39, 0.29) is 5.82 Å². The van der Waals surface area contributed by atoms with Crippen LogP contribution < -0.4 is 4.74 Å². The molecule has 3 aromatic rings. The summed E-state index contributed by atoms with van der Waals surface area (Å²) in [4.78, 5) is 0. The van der Waals surface area contributed by atoms with Crippen molar-refractivity contribution in [2.24, 2.45) is 0 Å². The third-order valence-corrected chi connectivity index (χ3v) is 3.98. The molecule has 0 saturated carbocycles. The summed E-state index contributed by atoms with van der Waals surface area (Å²) in [6.45, 7) is 0.297. The van der Waals surface area contributed by atoms with E-state index in [0.717, 1.165) is 11.1 Å². The minimum Gasteiger partial charge on any atom is -0.489 e. The Balaban J connectivity index is 1.73. The van der Waals surface area contributed by atoms with Gasteiger partial charge in [0.2, 0.25) is 0 Å². The van der Waals surface area contributed by atoms with Crippen LogP contribution in [-0.2, 0) is 6.61 Å². The van der Waals surface area contributed by atoms with Crippen LogP contribution in [0.3, 0.4) is 0 Å². The average Bonchev–Trinajstić information content (AvgIpc) is 2.71. The lowest BCUT2D eigenvalue weighted by molar-refractivity contribution is 0.306. The molecular weight excluding hydrogens is 339 g/mol. The van der Waals surface area contributed by atoms with Crippen molar-refractivity contribution in [2.45, 2.75) is 6.61 Å². The molecule has 3 rings (SSSR count). The maximum atomic E-state index is 13.4. The van der Waals surface area contributed by atoms with Gasteiger partial charge < -0.3 is 4.74 Å². The molecule has 0 aliphatic carbocycles. The zero-order valence-corrected chi connectivity index (χ0v) is 14.4. The molecule has 0 saturated heterocycles. The van der Waals surface area contributed by atoms with E-state index in [1.807, 2.05) is 30.3 Å². The van der Waals surface area contributed by atoms with Gasteiger partial charge in [0, 0.05) is 5.56 Å². The number of hydrogen-bond donors (Lipinski definition) is 0. The second kappa shape index (κ2) is 8.47. The van der Waals surface area contributed by atoms with Gasteiger partial charge in [-0.3, -0.25) is 0 Å². The molecule has 0 N–H and O–H groups in total. The predicted molar refractivity (Wildman–Crippen MR) is 102 cm³/mol. The average molecular weight is 354 g/mol. The highest BCUT2D eigenvalue weighted by Crippen LogP contribution is 2.21. The summed E-state index contributed by atoms with van der Waals surface area (Å²) >= 11 is 0. The first-order valence-electron chi connectivity index (χ1n) is 8.28. The molecule has 0 spiro atoms. The predicted octanol–water partition coefficient (Wildman–Crippen LogP) is 5.34. The highest BCUT2D eigenvalue weighted by atomic mass is 19.1. The molecule has 0 aliphatic rings. The number of ether oxygens (including phenoxy) is 1. The van der Waals surface area contributed by atoms with Gasteiger partial charge >= 0.3 is 0 Å². The summed E-state index contributed by atoms with van der Waals surface area (Å²) in [6.07, 6.45) is 1.70. The Morgan fingerprint density at radius 1 is 0.963 bits per heavy atom. The number of rotatable bonds is 5. The smallest absolute Gasteiger partial charge is 0.123 e. The van der Waals surface area contributed by atoms with Crippen molar-refractivity contribution in [3.05, 3.63) is 101 Å². The van der Waals surface area contributed by atoms with Crippen LogP contribution in [0.25, 0.3) is 11.6 Å². The number of allylic oxidation sites excluding steroid dienone is 1. The van der Waals surface area contributed by atoms with E-state index >= 15 is 0 Å². The Morgan fingerprint density at radius 3 is 2.44 bits per heavy atom. The second-order valence-electron chi connectivity index (χ2n) is 5.81. The highest BCUT2D eigenvalue weighted by Gasteiger charge is 2.04. The van der Waals surface area contributed by atoms with Crippen LogP contribution in [0.1, 0.15) is 22.3 Å². The van der Waals surface area contributed by atoms with E-state index in [1.54, 1.807) is 36.4 Å². The molecule has 0 aromatic heterocycles. The van der Waals surface area contributed by atoms with E-state index in [1.165, 1.54) is 12.1 Å². The van der Waals surface area contributed by atoms with Gasteiger partial charge in [0.25, 0.3) is 0 Å². The van der Waals surface area contributed by atoms with Gasteiger partial charge in [-0.1, -0.05) is 42.5 Å². The quantitative estimate of drug-likeness (QED) is 0.459. The van der Waals surface area contributed by atoms with Crippen molar-refractivity contribution in [1.82, 2.24) is 0 Å². The number of benzene rings is 3. The Morgan fingerprint density at radius 2 is 1.74 bits per heavy atom. The number of nitrogens with zero attached hydrogens (tertiary/aromatic N) is 2. The van der Waals surface area contributed by atoms with Crippen LogP contribution in [0.15, 0.2) is 72.8 Å². The molecule has 3 nitrogen and oxygen atoms in total. The minimum absolute atomic E-state index is 0.297. The van der Waals surface area contributed by atoms with Crippen molar-refractivity contribution in [1.29, 1.82) is 10.5 Å². The van der Waals surface area contributed by atoms with Crippen LogP contribution in [0.2, 0.25) is 0 Å². The van der Waals surface area contributed by atoms with E-state index in [9.17, 15) is 9.65 Å². The summed E-state index contributed by atoms with van der Waals surface area (Å²) in [5, 5.41) is 18.5. The number of halogens is 1. The van der Waals surface area contributed by atoms with Crippen LogP contribution in [0.4, 0.5) is 4.39 Å². The summed E-state index contributed by atoms with van der Waals surface area (Å²) in [7, 11) is 0.